The summed E-state index contributed by atoms with van der Waals surface area (Å²) in [6, 6.07) is 4.56. The highest BCUT2D eigenvalue weighted by molar-refractivity contribution is 5.82. The van der Waals surface area contributed by atoms with Gasteiger partial charge in [-0.2, -0.15) is 0 Å². The van der Waals surface area contributed by atoms with Gasteiger partial charge >= 0.3 is 0 Å². The van der Waals surface area contributed by atoms with Crippen molar-refractivity contribution in [1.82, 2.24) is 4.90 Å². The van der Waals surface area contributed by atoms with Gasteiger partial charge < -0.3 is 4.90 Å². The first-order valence-corrected chi connectivity index (χ1v) is 12.3. The highest BCUT2D eigenvalue weighted by atomic mass is 15.2. The number of rotatable bonds is 3. The van der Waals surface area contributed by atoms with Crippen molar-refractivity contribution >= 4 is 5.57 Å². The van der Waals surface area contributed by atoms with E-state index in [2.05, 4.69) is 77.5 Å². The van der Waals surface area contributed by atoms with Crippen LogP contribution in [0, 0.1) is 19.8 Å². The van der Waals surface area contributed by atoms with Gasteiger partial charge in [-0.05, 0) is 103 Å². The Kier molecular flexibility index (Phi) is 7.18. The molecule has 1 atom stereocenters. The van der Waals surface area contributed by atoms with E-state index in [1.807, 2.05) is 13.8 Å². The molecule has 0 saturated carbocycles. The Hall–Kier alpha value is -2.54. The van der Waals surface area contributed by atoms with Crippen molar-refractivity contribution < 1.29 is 0 Å². The van der Waals surface area contributed by atoms with E-state index >= 15 is 0 Å². The third-order valence-electron chi connectivity index (χ3n) is 7.43. The Bertz CT molecular complexity index is 1070. The average molecular weight is 428 g/mol. The van der Waals surface area contributed by atoms with Crippen molar-refractivity contribution in [3.63, 3.8) is 0 Å². The second-order valence-corrected chi connectivity index (χ2v) is 9.26. The van der Waals surface area contributed by atoms with Gasteiger partial charge in [0, 0.05) is 23.9 Å². The highest BCUT2D eigenvalue weighted by Crippen LogP contribution is 2.47. The van der Waals surface area contributed by atoms with Crippen LogP contribution in [0.3, 0.4) is 0 Å². The second-order valence-electron chi connectivity index (χ2n) is 9.26. The molecule has 0 aromatic heterocycles. The molecule has 2 aliphatic heterocycles. The molecule has 0 radical (unpaired) electrons. The quantitative estimate of drug-likeness (QED) is 0.436. The Labute approximate surface area is 196 Å². The van der Waals surface area contributed by atoms with E-state index in [0.29, 0.717) is 5.92 Å². The summed E-state index contributed by atoms with van der Waals surface area (Å²) in [5, 5.41) is 0. The summed E-state index contributed by atoms with van der Waals surface area (Å²) >= 11 is 0. The molecule has 1 fully saturated rings. The number of aryl methyl sites for hydroxylation is 2. The standard InChI is InChI=1S/C29H35N.C2H6/c1-9-23-22(8)30-16-27(21(7)28(30)15-26(23)20(6)17(2)3)25-12-10-11-24-18(4)13-14-19(5)29(24)25;1-2/h13-15,20H,2,7-12,16H2,1,3-6H3;1-2H3/b27-25-;. The van der Waals surface area contributed by atoms with Gasteiger partial charge in [-0.15, -0.1) is 0 Å². The van der Waals surface area contributed by atoms with Gasteiger partial charge in [0.1, 0.15) is 0 Å². The Morgan fingerprint density at radius 3 is 2.34 bits per heavy atom. The molecule has 3 aliphatic rings. The summed E-state index contributed by atoms with van der Waals surface area (Å²) in [6.07, 6.45) is 6.91. The summed E-state index contributed by atoms with van der Waals surface area (Å²) < 4.78 is 0. The smallest absolute Gasteiger partial charge is 0.0491 e. The van der Waals surface area contributed by atoms with E-state index in [1.165, 1.54) is 74.2 Å². The summed E-state index contributed by atoms with van der Waals surface area (Å²) in [5.74, 6) is 0.330. The predicted molar refractivity (Wildman–Crippen MR) is 141 cm³/mol. The molecule has 32 heavy (non-hydrogen) atoms. The van der Waals surface area contributed by atoms with Gasteiger partial charge in [0.05, 0.1) is 0 Å². The fraction of sp³-hybridized carbons (Fsp3) is 0.419. The van der Waals surface area contributed by atoms with Crippen molar-refractivity contribution in [3.8, 4) is 0 Å². The molecular formula is C31H41N. The van der Waals surface area contributed by atoms with Gasteiger partial charge in [-0.3, -0.25) is 0 Å². The van der Waals surface area contributed by atoms with Crippen LogP contribution in [0.4, 0.5) is 0 Å². The van der Waals surface area contributed by atoms with Gasteiger partial charge in [0.25, 0.3) is 0 Å². The zero-order valence-corrected chi connectivity index (χ0v) is 21.4. The van der Waals surface area contributed by atoms with Crippen molar-refractivity contribution in [2.75, 3.05) is 6.54 Å². The number of fused-ring (bicyclic) bond motifs is 2. The molecule has 1 unspecified atom stereocenters. The molecular weight excluding hydrogens is 386 g/mol. The topological polar surface area (TPSA) is 3.24 Å². The number of benzene rings is 1. The number of allylic oxidation sites excluding steroid dienone is 6. The minimum Gasteiger partial charge on any atom is -0.337 e. The van der Waals surface area contributed by atoms with Gasteiger partial charge in [-0.1, -0.05) is 65.1 Å². The van der Waals surface area contributed by atoms with Crippen LogP contribution in [-0.2, 0) is 6.42 Å². The number of hydrogen-bond donors (Lipinski definition) is 0. The minimum absolute atomic E-state index is 0.330. The van der Waals surface area contributed by atoms with Crippen LogP contribution < -0.4 is 0 Å². The minimum atomic E-state index is 0.330. The maximum atomic E-state index is 4.59. The summed E-state index contributed by atoms with van der Waals surface area (Å²) in [5.41, 5.74) is 16.3. The fourth-order valence-electron chi connectivity index (χ4n) is 5.44. The van der Waals surface area contributed by atoms with Crippen LogP contribution in [-0.4, -0.2) is 11.4 Å². The van der Waals surface area contributed by atoms with Crippen LogP contribution in [0.25, 0.3) is 5.57 Å². The molecule has 0 spiro atoms. The lowest BCUT2D eigenvalue weighted by Crippen LogP contribution is -2.24. The molecule has 170 valence electrons. The molecule has 0 N–H and O–H groups in total. The molecule has 0 amide bonds. The fourth-order valence-corrected chi connectivity index (χ4v) is 5.44. The van der Waals surface area contributed by atoms with Crippen molar-refractivity contribution in [3.05, 3.63) is 99.5 Å². The first kappa shape index (κ1) is 24.1. The van der Waals surface area contributed by atoms with Crippen LogP contribution in [0.2, 0.25) is 0 Å². The van der Waals surface area contributed by atoms with E-state index in [0.717, 1.165) is 25.1 Å². The zero-order chi connectivity index (χ0) is 23.7. The molecule has 1 aromatic rings. The highest BCUT2D eigenvalue weighted by Gasteiger charge is 2.35. The van der Waals surface area contributed by atoms with Gasteiger partial charge in [-0.25, -0.2) is 0 Å². The molecule has 1 heteroatoms. The van der Waals surface area contributed by atoms with Crippen molar-refractivity contribution in [2.24, 2.45) is 5.92 Å². The first-order valence-electron chi connectivity index (χ1n) is 12.3. The van der Waals surface area contributed by atoms with E-state index < -0.39 is 0 Å². The number of nitrogens with zero attached hydrogens (tertiary/aromatic N) is 1. The van der Waals surface area contributed by atoms with E-state index in [-0.39, 0.29) is 0 Å². The monoisotopic (exact) mass is 427 g/mol. The van der Waals surface area contributed by atoms with Crippen LogP contribution in [0.1, 0.15) is 76.1 Å². The van der Waals surface area contributed by atoms with E-state index in [1.54, 1.807) is 0 Å². The molecule has 4 rings (SSSR count). The largest absolute Gasteiger partial charge is 0.337 e. The Morgan fingerprint density at radius 2 is 1.72 bits per heavy atom. The molecule has 1 nitrogen and oxygen atoms in total. The number of hydrogen-bond acceptors (Lipinski definition) is 1. The molecule has 1 saturated heterocycles. The third-order valence-corrected chi connectivity index (χ3v) is 7.43. The lowest BCUT2D eigenvalue weighted by molar-refractivity contribution is 0.502. The van der Waals surface area contributed by atoms with E-state index in [9.17, 15) is 0 Å². The van der Waals surface area contributed by atoms with Crippen LogP contribution in [0.5, 0.6) is 0 Å². The summed E-state index contributed by atoms with van der Waals surface area (Å²) in [6.45, 7) is 29.4. The second kappa shape index (κ2) is 9.53. The lowest BCUT2D eigenvalue weighted by atomic mass is 9.79. The SMILES string of the molecule is C=C1C2=CC(C(C)C(=C)C)=C(CC)C(=C)N2C/C1=C1\CCCc2c(C)ccc(C)c21.CC. The zero-order valence-electron chi connectivity index (χ0n) is 21.4. The molecule has 1 aliphatic carbocycles. The van der Waals surface area contributed by atoms with Crippen LogP contribution in [0.15, 0.2) is 77.2 Å². The summed E-state index contributed by atoms with van der Waals surface area (Å²) in [7, 11) is 0. The van der Waals surface area contributed by atoms with Crippen molar-refractivity contribution in [2.45, 2.75) is 74.1 Å². The normalized spacial score (nSPS) is 21.0. The Morgan fingerprint density at radius 1 is 1.06 bits per heavy atom. The van der Waals surface area contributed by atoms with Crippen molar-refractivity contribution in [1.29, 1.82) is 0 Å². The third kappa shape index (κ3) is 3.87. The average Bonchev–Trinajstić information content (AvgIpc) is 3.13. The van der Waals surface area contributed by atoms with Crippen LogP contribution >= 0.6 is 0 Å². The predicted octanol–water partition coefficient (Wildman–Crippen LogP) is 8.62. The Balaban J connectivity index is 0.00000141. The molecule has 1 aromatic carbocycles. The van der Waals surface area contributed by atoms with Gasteiger partial charge in [0.15, 0.2) is 0 Å². The van der Waals surface area contributed by atoms with E-state index in [4.69, 9.17) is 0 Å². The maximum Gasteiger partial charge on any atom is 0.0491 e. The molecule has 0 bridgehead atoms. The molecule has 2 heterocycles. The first-order chi connectivity index (χ1) is 15.3. The maximum absolute atomic E-state index is 4.59. The lowest BCUT2D eigenvalue weighted by Gasteiger charge is -2.32. The van der Waals surface area contributed by atoms with Gasteiger partial charge in [0.2, 0.25) is 0 Å². The summed E-state index contributed by atoms with van der Waals surface area (Å²) in [4.78, 5) is 2.40.